The molecule has 1 aromatic carbocycles. The highest BCUT2D eigenvalue weighted by atomic mass is 16.5. The summed E-state index contributed by atoms with van der Waals surface area (Å²) in [6, 6.07) is 7.65. The van der Waals surface area contributed by atoms with E-state index in [9.17, 15) is 4.79 Å². The number of esters is 1. The fraction of sp³-hybridized carbons (Fsp3) is 0.562. The van der Waals surface area contributed by atoms with E-state index in [0.717, 1.165) is 37.4 Å². The zero-order valence-corrected chi connectivity index (χ0v) is 12.8. The highest BCUT2D eigenvalue weighted by Crippen LogP contribution is 2.30. The number of anilines is 1. The van der Waals surface area contributed by atoms with E-state index in [-0.39, 0.29) is 12.0 Å². The fourth-order valence-electron chi connectivity index (χ4n) is 2.49. The molecule has 1 unspecified atom stereocenters. The molecule has 116 valence electrons. The average Bonchev–Trinajstić information content (AvgIpc) is 2.73. The molecule has 5 nitrogen and oxygen atoms in total. The predicted molar refractivity (Wildman–Crippen MR) is 82.9 cm³/mol. The number of benzene rings is 1. The second-order valence-electron chi connectivity index (χ2n) is 5.15. The van der Waals surface area contributed by atoms with Crippen LogP contribution in [0.4, 0.5) is 5.69 Å². The second-order valence-corrected chi connectivity index (χ2v) is 5.15. The van der Waals surface area contributed by atoms with Crippen LogP contribution < -0.4 is 15.0 Å². The van der Waals surface area contributed by atoms with Gasteiger partial charge in [-0.25, -0.2) is 0 Å². The number of hydrogen-bond donors (Lipinski definition) is 1. The standard InChI is InChI=1S/C16H24N2O3/c1-3-9-17-13(16(19)20-2)12-18-10-6-11-21-15-8-5-4-7-14(15)18/h4-5,7-8,13,17H,3,6,9-12H2,1-2H3. The molecule has 0 aliphatic carbocycles. The van der Waals surface area contributed by atoms with Gasteiger partial charge in [-0.15, -0.1) is 0 Å². The first-order valence-corrected chi connectivity index (χ1v) is 7.54. The van der Waals surface area contributed by atoms with Crippen LogP contribution in [0.2, 0.25) is 0 Å². The van der Waals surface area contributed by atoms with Crippen molar-refractivity contribution in [3.05, 3.63) is 24.3 Å². The molecule has 0 spiro atoms. The van der Waals surface area contributed by atoms with Crippen LogP contribution in [0, 0.1) is 0 Å². The number of methoxy groups -OCH3 is 1. The molecule has 0 aromatic heterocycles. The summed E-state index contributed by atoms with van der Waals surface area (Å²) in [5.41, 5.74) is 1.04. The van der Waals surface area contributed by atoms with Crippen LogP contribution in [0.3, 0.4) is 0 Å². The minimum atomic E-state index is -0.318. The second kappa shape index (κ2) is 7.88. The smallest absolute Gasteiger partial charge is 0.324 e. The zero-order chi connectivity index (χ0) is 15.1. The molecule has 0 radical (unpaired) electrons. The van der Waals surface area contributed by atoms with Gasteiger partial charge in [0.15, 0.2) is 0 Å². The molecule has 0 bridgehead atoms. The van der Waals surface area contributed by atoms with E-state index in [0.29, 0.717) is 13.2 Å². The molecule has 1 heterocycles. The summed E-state index contributed by atoms with van der Waals surface area (Å²) < 4.78 is 10.7. The number of carbonyl (C=O) groups is 1. The highest BCUT2D eigenvalue weighted by molar-refractivity contribution is 5.77. The Bertz CT molecular complexity index is 465. The Morgan fingerprint density at radius 1 is 1.48 bits per heavy atom. The van der Waals surface area contributed by atoms with Gasteiger partial charge in [0.2, 0.25) is 0 Å². The van der Waals surface area contributed by atoms with Gasteiger partial charge >= 0.3 is 5.97 Å². The summed E-state index contributed by atoms with van der Waals surface area (Å²) >= 11 is 0. The first-order valence-electron chi connectivity index (χ1n) is 7.54. The largest absolute Gasteiger partial charge is 0.491 e. The van der Waals surface area contributed by atoms with E-state index in [1.807, 2.05) is 24.3 Å². The maximum absolute atomic E-state index is 11.9. The van der Waals surface area contributed by atoms with Crippen molar-refractivity contribution >= 4 is 11.7 Å². The molecule has 5 heteroatoms. The Hall–Kier alpha value is -1.75. The van der Waals surface area contributed by atoms with Gasteiger partial charge in [-0.05, 0) is 31.5 Å². The van der Waals surface area contributed by atoms with Crippen LogP contribution in [0.1, 0.15) is 19.8 Å². The number of fused-ring (bicyclic) bond motifs is 1. The Morgan fingerprint density at radius 3 is 3.05 bits per heavy atom. The number of carbonyl (C=O) groups excluding carboxylic acids is 1. The van der Waals surface area contributed by atoms with Gasteiger partial charge in [-0.2, -0.15) is 0 Å². The number of hydrogen-bond acceptors (Lipinski definition) is 5. The maximum Gasteiger partial charge on any atom is 0.324 e. The van der Waals surface area contributed by atoms with Crippen molar-refractivity contribution in [2.75, 3.05) is 38.3 Å². The Labute approximate surface area is 126 Å². The van der Waals surface area contributed by atoms with Crippen molar-refractivity contribution in [1.82, 2.24) is 5.32 Å². The maximum atomic E-state index is 11.9. The lowest BCUT2D eigenvalue weighted by molar-refractivity contribution is -0.142. The summed E-state index contributed by atoms with van der Waals surface area (Å²) in [6.45, 7) is 5.05. The van der Waals surface area contributed by atoms with E-state index in [4.69, 9.17) is 9.47 Å². The number of nitrogens with one attached hydrogen (secondary N) is 1. The Balaban J connectivity index is 2.13. The van der Waals surface area contributed by atoms with Gasteiger partial charge in [0.25, 0.3) is 0 Å². The van der Waals surface area contributed by atoms with Crippen molar-refractivity contribution in [3.8, 4) is 5.75 Å². The van der Waals surface area contributed by atoms with Crippen LogP contribution in [-0.2, 0) is 9.53 Å². The molecule has 0 amide bonds. The SMILES string of the molecule is CCCNC(CN1CCCOc2ccccc21)C(=O)OC. The van der Waals surface area contributed by atoms with E-state index in [1.165, 1.54) is 7.11 Å². The third-order valence-electron chi connectivity index (χ3n) is 3.57. The molecule has 1 atom stereocenters. The topological polar surface area (TPSA) is 50.8 Å². The lowest BCUT2D eigenvalue weighted by Crippen LogP contribution is -2.47. The number of rotatable bonds is 6. The lowest BCUT2D eigenvalue weighted by atomic mass is 10.2. The van der Waals surface area contributed by atoms with Crippen molar-refractivity contribution < 1.29 is 14.3 Å². The van der Waals surface area contributed by atoms with Crippen molar-refractivity contribution in [3.63, 3.8) is 0 Å². The van der Waals surface area contributed by atoms with E-state index in [2.05, 4.69) is 17.1 Å². The molecule has 1 aliphatic heterocycles. The van der Waals surface area contributed by atoms with E-state index < -0.39 is 0 Å². The fourth-order valence-corrected chi connectivity index (χ4v) is 2.49. The van der Waals surface area contributed by atoms with Crippen LogP contribution in [0.25, 0.3) is 0 Å². The molecule has 1 aliphatic rings. The quantitative estimate of drug-likeness (QED) is 0.811. The molecule has 21 heavy (non-hydrogen) atoms. The normalized spacial score (nSPS) is 15.6. The molecule has 1 N–H and O–H groups in total. The minimum Gasteiger partial charge on any atom is -0.491 e. The van der Waals surface area contributed by atoms with Crippen molar-refractivity contribution in [2.24, 2.45) is 0 Å². The van der Waals surface area contributed by atoms with Gasteiger partial charge < -0.3 is 19.7 Å². The molecule has 1 aromatic rings. The Kier molecular flexibility index (Phi) is 5.87. The Morgan fingerprint density at radius 2 is 2.29 bits per heavy atom. The molecule has 2 rings (SSSR count). The highest BCUT2D eigenvalue weighted by Gasteiger charge is 2.24. The number of para-hydroxylation sites is 2. The molecular formula is C16H24N2O3. The number of ether oxygens (including phenoxy) is 2. The summed E-state index contributed by atoms with van der Waals surface area (Å²) in [5.74, 6) is 0.667. The number of nitrogens with zero attached hydrogens (tertiary/aromatic N) is 1. The predicted octanol–water partition coefficient (Wildman–Crippen LogP) is 1.82. The summed E-state index contributed by atoms with van der Waals surface area (Å²) in [6.07, 6.45) is 1.92. The van der Waals surface area contributed by atoms with Crippen LogP contribution in [0.5, 0.6) is 5.75 Å². The van der Waals surface area contributed by atoms with Gasteiger partial charge in [0.1, 0.15) is 11.8 Å². The first-order chi connectivity index (χ1) is 10.3. The minimum absolute atomic E-state index is 0.217. The van der Waals surface area contributed by atoms with Gasteiger partial charge in [0.05, 0.1) is 19.4 Å². The molecule has 0 saturated carbocycles. The average molecular weight is 292 g/mol. The first kappa shape index (κ1) is 15.6. The third-order valence-corrected chi connectivity index (χ3v) is 3.57. The van der Waals surface area contributed by atoms with Crippen LogP contribution >= 0.6 is 0 Å². The molecule has 0 saturated heterocycles. The molecule has 0 fully saturated rings. The van der Waals surface area contributed by atoms with Crippen molar-refractivity contribution in [1.29, 1.82) is 0 Å². The summed E-state index contributed by atoms with van der Waals surface area (Å²) in [7, 11) is 1.43. The summed E-state index contributed by atoms with van der Waals surface area (Å²) in [4.78, 5) is 14.1. The lowest BCUT2D eigenvalue weighted by Gasteiger charge is -2.28. The summed E-state index contributed by atoms with van der Waals surface area (Å²) in [5, 5.41) is 3.26. The van der Waals surface area contributed by atoms with Gasteiger partial charge in [0, 0.05) is 13.1 Å². The zero-order valence-electron chi connectivity index (χ0n) is 12.8. The molecular weight excluding hydrogens is 268 g/mol. The van der Waals surface area contributed by atoms with E-state index in [1.54, 1.807) is 0 Å². The van der Waals surface area contributed by atoms with Gasteiger partial charge in [-0.3, -0.25) is 4.79 Å². The van der Waals surface area contributed by atoms with Crippen molar-refractivity contribution in [2.45, 2.75) is 25.8 Å². The van der Waals surface area contributed by atoms with Crippen LogP contribution in [0.15, 0.2) is 24.3 Å². The van der Waals surface area contributed by atoms with Gasteiger partial charge in [-0.1, -0.05) is 19.1 Å². The monoisotopic (exact) mass is 292 g/mol. The van der Waals surface area contributed by atoms with E-state index >= 15 is 0 Å². The third kappa shape index (κ3) is 4.11. The van der Waals surface area contributed by atoms with Crippen LogP contribution in [-0.4, -0.2) is 45.4 Å².